The van der Waals surface area contributed by atoms with E-state index in [9.17, 15) is 4.79 Å². The zero-order valence-electron chi connectivity index (χ0n) is 10.2. The second-order valence-corrected chi connectivity index (χ2v) is 3.86. The van der Waals surface area contributed by atoms with Crippen LogP contribution >= 0.6 is 12.4 Å². The molecule has 0 saturated heterocycles. The third-order valence-electron chi connectivity index (χ3n) is 2.57. The van der Waals surface area contributed by atoms with Gasteiger partial charge in [-0.05, 0) is 32.1 Å². The number of hydrogen-bond donors (Lipinski definition) is 2. The summed E-state index contributed by atoms with van der Waals surface area (Å²) in [5, 5.41) is 7.29. The largest absolute Gasteiger partial charge is 0.423 e. The van der Waals surface area contributed by atoms with Crippen LogP contribution in [0.25, 0.3) is 11.0 Å². The lowest BCUT2D eigenvalue weighted by molar-refractivity contribution is 0.561. The molecule has 0 bridgehead atoms. The van der Waals surface area contributed by atoms with Crippen LogP contribution in [-0.2, 0) is 0 Å². The molecular formula is C13H17ClN2O2. The first-order chi connectivity index (χ1) is 8.31. The van der Waals surface area contributed by atoms with Gasteiger partial charge in [0.1, 0.15) is 5.58 Å². The lowest BCUT2D eigenvalue weighted by Crippen LogP contribution is -2.13. The minimum absolute atomic E-state index is 0. The molecule has 2 aromatic rings. The van der Waals surface area contributed by atoms with Crippen LogP contribution in [0.2, 0.25) is 0 Å². The first-order valence-electron chi connectivity index (χ1n) is 5.72. The Bertz CT molecular complexity index is 554. The molecule has 0 aliphatic rings. The van der Waals surface area contributed by atoms with E-state index in [1.807, 2.05) is 25.2 Å². The van der Waals surface area contributed by atoms with Crippen molar-refractivity contribution >= 4 is 29.1 Å². The van der Waals surface area contributed by atoms with Crippen molar-refractivity contribution < 1.29 is 4.42 Å². The molecular weight excluding hydrogens is 252 g/mol. The summed E-state index contributed by atoms with van der Waals surface area (Å²) < 4.78 is 5.12. The Balaban J connectivity index is 0.00000162. The van der Waals surface area contributed by atoms with Crippen LogP contribution in [0.15, 0.2) is 39.5 Å². The standard InChI is InChI=1S/C13H16N2O2.ClH/c1-14-7-4-8-15-11-9-13(16)17-12-6-3-2-5-10(11)12;/h2-3,5-6,9,14-15H,4,7-8H2,1H3;1H. The molecule has 1 aromatic heterocycles. The Labute approximate surface area is 112 Å². The molecule has 98 valence electrons. The van der Waals surface area contributed by atoms with Crippen LogP contribution in [-0.4, -0.2) is 20.1 Å². The number of para-hydroxylation sites is 1. The summed E-state index contributed by atoms with van der Waals surface area (Å²) >= 11 is 0. The number of rotatable bonds is 5. The van der Waals surface area contributed by atoms with Crippen molar-refractivity contribution in [1.29, 1.82) is 0 Å². The lowest BCUT2D eigenvalue weighted by Gasteiger charge is -2.08. The van der Waals surface area contributed by atoms with Gasteiger partial charge in [-0.3, -0.25) is 0 Å². The van der Waals surface area contributed by atoms with Gasteiger partial charge in [0, 0.05) is 18.0 Å². The third kappa shape index (κ3) is 3.48. The van der Waals surface area contributed by atoms with E-state index in [0.29, 0.717) is 5.58 Å². The zero-order valence-corrected chi connectivity index (χ0v) is 11.0. The molecule has 0 fully saturated rings. The summed E-state index contributed by atoms with van der Waals surface area (Å²) in [4.78, 5) is 11.4. The lowest BCUT2D eigenvalue weighted by atomic mass is 10.2. The molecule has 0 radical (unpaired) electrons. The average molecular weight is 269 g/mol. The monoisotopic (exact) mass is 268 g/mol. The minimum atomic E-state index is -0.320. The van der Waals surface area contributed by atoms with Gasteiger partial charge in [0.05, 0.1) is 5.69 Å². The Hall–Kier alpha value is -1.52. The number of benzene rings is 1. The predicted octanol–water partition coefficient (Wildman–Crippen LogP) is 2.24. The highest BCUT2D eigenvalue weighted by atomic mass is 35.5. The van der Waals surface area contributed by atoms with Gasteiger partial charge >= 0.3 is 5.63 Å². The molecule has 2 N–H and O–H groups in total. The molecule has 0 amide bonds. The fraction of sp³-hybridized carbons (Fsp3) is 0.308. The highest BCUT2D eigenvalue weighted by Crippen LogP contribution is 2.20. The van der Waals surface area contributed by atoms with Crippen LogP contribution < -0.4 is 16.3 Å². The third-order valence-corrected chi connectivity index (χ3v) is 2.57. The minimum Gasteiger partial charge on any atom is -0.423 e. The van der Waals surface area contributed by atoms with Gasteiger partial charge in [0.15, 0.2) is 0 Å². The van der Waals surface area contributed by atoms with Crippen molar-refractivity contribution in [2.24, 2.45) is 0 Å². The molecule has 2 rings (SSSR count). The van der Waals surface area contributed by atoms with E-state index in [2.05, 4.69) is 10.6 Å². The van der Waals surface area contributed by atoms with Crippen molar-refractivity contribution in [3.63, 3.8) is 0 Å². The van der Waals surface area contributed by atoms with E-state index >= 15 is 0 Å². The van der Waals surface area contributed by atoms with Gasteiger partial charge in [-0.15, -0.1) is 12.4 Å². The van der Waals surface area contributed by atoms with Gasteiger partial charge in [0.25, 0.3) is 0 Å². The quantitative estimate of drug-likeness (QED) is 0.645. The molecule has 5 heteroatoms. The van der Waals surface area contributed by atoms with Crippen molar-refractivity contribution in [1.82, 2.24) is 5.32 Å². The Morgan fingerprint density at radius 3 is 2.78 bits per heavy atom. The van der Waals surface area contributed by atoms with Crippen LogP contribution in [0.4, 0.5) is 5.69 Å². The maximum absolute atomic E-state index is 11.4. The molecule has 0 spiro atoms. The van der Waals surface area contributed by atoms with Crippen LogP contribution in [0.5, 0.6) is 0 Å². The van der Waals surface area contributed by atoms with Crippen LogP contribution in [0.1, 0.15) is 6.42 Å². The topological polar surface area (TPSA) is 54.3 Å². The molecule has 4 nitrogen and oxygen atoms in total. The normalized spacial score (nSPS) is 10.1. The predicted molar refractivity (Wildman–Crippen MR) is 76.8 cm³/mol. The van der Waals surface area contributed by atoms with Crippen LogP contribution in [0.3, 0.4) is 0 Å². The number of nitrogens with one attached hydrogen (secondary N) is 2. The molecule has 0 aliphatic carbocycles. The summed E-state index contributed by atoms with van der Waals surface area (Å²) in [5.41, 5.74) is 1.14. The number of fused-ring (bicyclic) bond motifs is 1. The molecule has 1 aromatic carbocycles. The molecule has 0 aliphatic heterocycles. The van der Waals surface area contributed by atoms with Crippen molar-refractivity contribution in [2.45, 2.75) is 6.42 Å². The second kappa shape index (κ2) is 7.03. The highest BCUT2D eigenvalue weighted by molar-refractivity contribution is 5.89. The molecule has 0 unspecified atom stereocenters. The van der Waals surface area contributed by atoms with E-state index in [0.717, 1.165) is 30.6 Å². The van der Waals surface area contributed by atoms with E-state index in [-0.39, 0.29) is 18.0 Å². The summed E-state index contributed by atoms with van der Waals surface area (Å²) in [6.45, 7) is 1.78. The number of hydrogen-bond acceptors (Lipinski definition) is 4. The first kappa shape index (κ1) is 14.5. The molecule has 0 atom stereocenters. The molecule has 1 heterocycles. The molecule has 18 heavy (non-hydrogen) atoms. The Morgan fingerprint density at radius 2 is 2.00 bits per heavy atom. The maximum Gasteiger partial charge on any atom is 0.338 e. The highest BCUT2D eigenvalue weighted by Gasteiger charge is 2.03. The molecule has 0 saturated carbocycles. The van der Waals surface area contributed by atoms with E-state index in [1.165, 1.54) is 6.07 Å². The SMILES string of the molecule is CNCCCNc1cc(=O)oc2ccccc12.Cl. The van der Waals surface area contributed by atoms with Gasteiger partial charge < -0.3 is 15.1 Å². The van der Waals surface area contributed by atoms with Crippen molar-refractivity contribution in [3.8, 4) is 0 Å². The zero-order chi connectivity index (χ0) is 12.1. The average Bonchev–Trinajstić information content (AvgIpc) is 2.34. The van der Waals surface area contributed by atoms with Gasteiger partial charge in [0.2, 0.25) is 0 Å². The number of halogens is 1. The summed E-state index contributed by atoms with van der Waals surface area (Å²) in [6, 6.07) is 9.03. The number of anilines is 1. The van der Waals surface area contributed by atoms with Crippen LogP contribution in [0, 0.1) is 0 Å². The van der Waals surface area contributed by atoms with E-state index < -0.39 is 0 Å². The van der Waals surface area contributed by atoms with E-state index in [1.54, 1.807) is 6.07 Å². The first-order valence-corrected chi connectivity index (χ1v) is 5.72. The smallest absolute Gasteiger partial charge is 0.338 e. The summed E-state index contributed by atoms with van der Waals surface area (Å²) in [5.74, 6) is 0. The second-order valence-electron chi connectivity index (χ2n) is 3.86. The van der Waals surface area contributed by atoms with Gasteiger partial charge in [-0.1, -0.05) is 12.1 Å². The van der Waals surface area contributed by atoms with Gasteiger partial charge in [-0.25, -0.2) is 4.79 Å². The fourth-order valence-electron chi connectivity index (χ4n) is 1.75. The van der Waals surface area contributed by atoms with Crippen molar-refractivity contribution in [3.05, 3.63) is 40.8 Å². The maximum atomic E-state index is 11.4. The summed E-state index contributed by atoms with van der Waals surface area (Å²) in [7, 11) is 1.92. The Morgan fingerprint density at radius 1 is 1.22 bits per heavy atom. The van der Waals surface area contributed by atoms with E-state index in [4.69, 9.17) is 4.42 Å². The van der Waals surface area contributed by atoms with Gasteiger partial charge in [-0.2, -0.15) is 0 Å². The Kier molecular flexibility index (Phi) is 5.68. The van der Waals surface area contributed by atoms with Crippen molar-refractivity contribution in [2.75, 3.05) is 25.5 Å². The summed E-state index contributed by atoms with van der Waals surface area (Å²) in [6.07, 6.45) is 1.01. The fourth-order valence-corrected chi connectivity index (χ4v) is 1.75.